The van der Waals surface area contributed by atoms with E-state index in [-0.39, 0.29) is 18.6 Å². The maximum absolute atomic E-state index is 11.6. The Kier molecular flexibility index (Phi) is 4.59. The highest BCUT2D eigenvalue weighted by Crippen LogP contribution is 2.06. The van der Waals surface area contributed by atoms with Gasteiger partial charge in [0.15, 0.2) is 0 Å². The lowest BCUT2D eigenvalue weighted by Gasteiger charge is -2.10. The Morgan fingerprint density at radius 1 is 1.47 bits per heavy atom. The monoisotopic (exact) mass is 227 g/mol. The summed E-state index contributed by atoms with van der Waals surface area (Å²) < 4.78 is 0. The molecular weight excluding hydrogens is 214 g/mol. The molecule has 0 radical (unpaired) electrons. The fraction of sp³-hybridized carbons (Fsp3) is 0.364. The van der Waals surface area contributed by atoms with Crippen LogP contribution >= 0.6 is 11.6 Å². The summed E-state index contributed by atoms with van der Waals surface area (Å²) in [6, 6.07) is 6.83. The second-order valence-corrected chi connectivity index (χ2v) is 3.65. The first-order valence-corrected chi connectivity index (χ1v) is 5.27. The van der Waals surface area contributed by atoms with Gasteiger partial charge in [-0.2, -0.15) is 0 Å². The molecule has 1 aromatic carbocycles. The van der Waals surface area contributed by atoms with Crippen LogP contribution in [0.5, 0.6) is 0 Å². The first-order valence-electron chi connectivity index (χ1n) is 4.74. The van der Waals surface area contributed by atoms with E-state index >= 15 is 0 Å². The second kappa shape index (κ2) is 5.73. The highest BCUT2D eigenvalue weighted by Gasteiger charge is 2.08. The molecule has 0 unspecified atom stereocenters. The highest BCUT2D eigenvalue weighted by molar-refractivity contribution is 6.17. The molecule has 3 nitrogen and oxygen atoms in total. The van der Waals surface area contributed by atoms with Crippen molar-refractivity contribution in [2.45, 2.75) is 18.8 Å². The minimum Gasteiger partial charge on any atom is -0.394 e. The molecule has 15 heavy (non-hydrogen) atoms. The second-order valence-electron chi connectivity index (χ2n) is 3.39. The van der Waals surface area contributed by atoms with Crippen LogP contribution in [0.4, 0.5) is 0 Å². The van der Waals surface area contributed by atoms with Crippen molar-refractivity contribution in [3.05, 3.63) is 35.4 Å². The molecule has 0 saturated carbocycles. The predicted octanol–water partition coefficient (Wildman–Crippen LogP) is 1.54. The Hall–Kier alpha value is -1.06. The van der Waals surface area contributed by atoms with Crippen LogP contribution in [-0.4, -0.2) is 23.7 Å². The zero-order valence-corrected chi connectivity index (χ0v) is 9.29. The van der Waals surface area contributed by atoms with Gasteiger partial charge in [0.2, 0.25) is 0 Å². The molecule has 4 heteroatoms. The van der Waals surface area contributed by atoms with Crippen molar-refractivity contribution in [2.24, 2.45) is 0 Å². The van der Waals surface area contributed by atoms with E-state index < -0.39 is 0 Å². The van der Waals surface area contributed by atoms with Gasteiger partial charge in [-0.1, -0.05) is 12.1 Å². The van der Waals surface area contributed by atoms with Crippen molar-refractivity contribution in [3.63, 3.8) is 0 Å². The van der Waals surface area contributed by atoms with Gasteiger partial charge in [-0.3, -0.25) is 4.79 Å². The Balaban J connectivity index is 2.66. The molecule has 1 amide bonds. The van der Waals surface area contributed by atoms with E-state index in [1.54, 1.807) is 19.1 Å². The van der Waals surface area contributed by atoms with Gasteiger partial charge in [0.25, 0.3) is 5.91 Å². The number of carbonyl (C=O) groups excluding carboxylic acids is 1. The molecule has 0 aliphatic carbocycles. The minimum absolute atomic E-state index is 0.0640. The van der Waals surface area contributed by atoms with E-state index in [4.69, 9.17) is 16.7 Å². The molecule has 0 bridgehead atoms. The summed E-state index contributed by atoms with van der Waals surface area (Å²) in [6.45, 7) is 1.68. The topological polar surface area (TPSA) is 49.3 Å². The fourth-order valence-corrected chi connectivity index (χ4v) is 1.28. The summed E-state index contributed by atoms with van der Waals surface area (Å²) >= 11 is 5.63. The highest BCUT2D eigenvalue weighted by atomic mass is 35.5. The third-order valence-corrected chi connectivity index (χ3v) is 2.33. The molecular formula is C11H14ClNO2. The molecule has 2 N–H and O–H groups in total. The molecule has 0 aromatic heterocycles. The molecule has 0 aliphatic rings. The zero-order valence-electron chi connectivity index (χ0n) is 8.53. The van der Waals surface area contributed by atoms with Crippen molar-refractivity contribution in [2.75, 3.05) is 6.61 Å². The van der Waals surface area contributed by atoms with Gasteiger partial charge < -0.3 is 10.4 Å². The van der Waals surface area contributed by atoms with E-state index in [0.29, 0.717) is 11.4 Å². The summed E-state index contributed by atoms with van der Waals surface area (Å²) in [5.74, 6) is 0.257. The Labute approximate surface area is 94.1 Å². The van der Waals surface area contributed by atoms with Gasteiger partial charge in [-0.25, -0.2) is 0 Å². The average Bonchev–Trinajstić information content (AvgIpc) is 2.29. The number of rotatable bonds is 4. The number of halogens is 1. The van der Waals surface area contributed by atoms with Crippen LogP contribution in [0, 0.1) is 0 Å². The van der Waals surface area contributed by atoms with Crippen LogP contribution in [0.1, 0.15) is 22.8 Å². The van der Waals surface area contributed by atoms with Gasteiger partial charge in [0.1, 0.15) is 0 Å². The minimum atomic E-state index is -0.231. The standard InChI is InChI=1S/C11H14ClNO2/c1-8(7-14)13-11(15)10-4-2-9(6-12)3-5-10/h2-5,8,14H,6-7H2,1H3,(H,13,15)/t8-/m0/s1. The smallest absolute Gasteiger partial charge is 0.251 e. The number of aliphatic hydroxyl groups is 1. The van der Waals surface area contributed by atoms with Crippen LogP contribution in [0.3, 0.4) is 0 Å². The maximum Gasteiger partial charge on any atom is 0.251 e. The van der Waals surface area contributed by atoms with E-state index in [9.17, 15) is 4.79 Å². The molecule has 1 rings (SSSR count). The van der Waals surface area contributed by atoms with Crippen molar-refractivity contribution in [1.29, 1.82) is 0 Å². The van der Waals surface area contributed by atoms with Crippen LogP contribution in [0.15, 0.2) is 24.3 Å². The molecule has 1 atom stereocenters. The quantitative estimate of drug-likeness (QED) is 0.767. The third-order valence-electron chi connectivity index (χ3n) is 2.02. The Morgan fingerprint density at radius 2 is 2.07 bits per heavy atom. The zero-order chi connectivity index (χ0) is 11.3. The van der Waals surface area contributed by atoms with Gasteiger partial charge >= 0.3 is 0 Å². The summed E-state index contributed by atoms with van der Waals surface area (Å²) in [5, 5.41) is 11.4. The lowest BCUT2D eigenvalue weighted by Crippen LogP contribution is -2.34. The number of hydrogen-bond acceptors (Lipinski definition) is 2. The molecule has 0 aliphatic heterocycles. The van der Waals surface area contributed by atoms with Crippen molar-refractivity contribution in [3.8, 4) is 0 Å². The number of aliphatic hydroxyl groups excluding tert-OH is 1. The molecule has 1 aromatic rings. The third kappa shape index (κ3) is 3.53. The maximum atomic E-state index is 11.6. The van der Waals surface area contributed by atoms with Gasteiger partial charge in [0, 0.05) is 17.5 Å². The van der Waals surface area contributed by atoms with Crippen LogP contribution in [0.25, 0.3) is 0 Å². The summed E-state index contributed by atoms with van der Waals surface area (Å²) in [6.07, 6.45) is 0. The molecule has 0 fully saturated rings. The number of amides is 1. The van der Waals surface area contributed by atoms with Crippen LogP contribution in [0.2, 0.25) is 0 Å². The van der Waals surface area contributed by atoms with Crippen molar-refractivity contribution >= 4 is 17.5 Å². The number of alkyl halides is 1. The van der Waals surface area contributed by atoms with Crippen LogP contribution in [-0.2, 0) is 5.88 Å². The van der Waals surface area contributed by atoms with E-state index in [0.717, 1.165) is 5.56 Å². The first kappa shape index (κ1) is 12.0. The lowest BCUT2D eigenvalue weighted by atomic mass is 10.1. The van der Waals surface area contributed by atoms with E-state index in [1.165, 1.54) is 0 Å². The Morgan fingerprint density at radius 3 is 2.53 bits per heavy atom. The normalized spacial score (nSPS) is 12.2. The summed E-state index contributed by atoms with van der Waals surface area (Å²) in [5.41, 5.74) is 1.55. The number of hydrogen-bond donors (Lipinski definition) is 2. The van der Waals surface area contributed by atoms with Gasteiger partial charge in [0.05, 0.1) is 6.61 Å². The van der Waals surface area contributed by atoms with Gasteiger partial charge in [-0.15, -0.1) is 11.6 Å². The molecule has 0 saturated heterocycles. The lowest BCUT2D eigenvalue weighted by molar-refractivity contribution is 0.0922. The Bertz CT molecular complexity index is 324. The fourth-order valence-electron chi connectivity index (χ4n) is 1.10. The SMILES string of the molecule is C[C@@H](CO)NC(=O)c1ccc(CCl)cc1. The number of nitrogens with one attached hydrogen (secondary N) is 1. The summed E-state index contributed by atoms with van der Waals surface area (Å²) in [7, 11) is 0. The number of carbonyl (C=O) groups is 1. The van der Waals surface area contributed by atoms with E-state index in [2.05, 4.69) is 5.32 Å². The number of benzene rings is 1. The van der Waals surface area contributed by atoms with Gasteiger partial charge in [-0.05, 0) is 24.6 Å². The molecule has 0 heterocycles. The van der Waals surface area contributed by atoms with Crippen molar-refractivity contribution < 1.29 is 9.90 Å². The average molecular weight is 228 g/mol. The van der Waals surface area contributed by atoms with Crippen molar-refractivity contribution in [1.82, 2.24) is 5.32 Å². The molecule has 0 spiro atoms. The van der Waals surface area contributed by atoms with Crippen LogP contribution < -0.4 is 5.32 Å². The molecule has 82 valence electrons. The summed E-state index contributed by atoms with van der Waals surface area (Å²) in [4.78, 5) is 11.6. The predicted molar refractivity (Wildman–Crippen MR) is 60.0 cm³/mol. The first-order chi connectivity index (χ1) is 7.17. The largest absolute Gasteiger partial charge is 0.394 e. The van der Waals surface area contributed by atoms with E-state index in [1.807, 2.05) is 12.1 Å².